The fourth-order valence-corrected chi connectivity index (χ4v) is 2.55. The minimum atomic E-state index is -1.69. The highest BCUT2D eigenvalue weighted by atomic mass is 35.5. The molecule has 0 spiro atoms. The minimum absolute atomic E-state index is 0.260. The summed E-state index contributed by atoms with van der Waals surface area (Å²) in [5.41, 5.74) is -1.49. The van der Waals surface area contributed by atoms with Gasteiger partial charge in [0.05, 0.1) is 5.69 Å². The first-order valence-electron chi connectivity index (χ1n) is 7.35. The lowest BCUT2D eigenvalue weighted by Gasteiger charge is -2.16. The van der Waals surface area contributed by atoms with Crippen LogP contribution in [-0.4, -0.2) is 11.8 Å². The Morgan fingerprint density at radius 3 is 2.28 bits per heavy atom. The Labute approximate surface area is 146 Å². The van der Waals surface area contributed by atoms with Gasteiger partial charge in [0.25, 0.3) is 0 Å². The zero-order valence-electron chi connectivity index (χ0n) is 12.7. The fraction of sp³-hybridized carbons (Fsp3) is 0.176. The lowest BCUT2D eigenvalue weighted by Crippen LogP contribution is -2.36. The molecule has 1 aliphatic rings. The summed E-state index contributed by atoms with van der Waals surface area (Å²) in [6.45, 7) is 0. The third kappa shape index (κ3) is 3.32. The summed E-state index contributed by atoms with van der Waals surface area (Å²) in [4.78, 5) is 24.8. The molecule has 0 aromatic heterocycles. The van der Waals surface area contributed by atoms with Crippen LogP contribution >= 0.6 is 11.6 Å². The van der Waals surface area contributed by atoms with Crippen molar-refractivity contribution in [2.24, 2.45) is 5.41 Å². The summed E-state index contributed by atoms with van der Waals surface area (Å²) in [7, 11) is 0. The van der Waals surface area contributed by atoms with Crippen LogP contribution in [0.15, 0.2) is 36.4 Å². The summed E-state index contributed by atoms with van der Waals surface area (Å²) in [5, 5.41) is 5.14. The molecule has 2 aromatic carbocycles. The molecule has 4 nitrogen and oxygen atoms in total. The summed E-state index contributed by atoms with van der Waals surface area (Å²) in [5.74, 6) is -5.92. The maximum Gasteiger partial charge on any atom is 0.240 e. The Balaban J connectivity index is 1.75. The zero-order chi connectivity index (χ0) is 18.2. The molecule has 0 unspecified atom stereocenters. The molecule has 1 aliphatic carbocycles. The minimum Gasteiger partial charge on any atom is -0.325 e. The summed E-state index contributed by atoms with van der Waals surface area (Å²) in [6.07, 6.45) is 0.521. The van der Waals surface area contributed by atoms with Crippen molar-refractivity contribution >= 4 is 34.8 Å². The highest BCUT2D eigenvalue weighted by molar-refractivity contribution is 6.31. The molecule has 2 N–H and O–H groups in total. The second kappa shape index (κ2) is 6.40. The molecular formula is C17H12ClF3N2O2. The van der Waals surface area contributed by atoms with E-state index in [2.05, 4.69) is 10.6 Å². The first-order valence-corrected chi connectivity index (χ1v) is 7.73. The molecule has 8 heteroatoms. The van der Waals surface area contributed by atoms with Crippen LogP contribution in [0.5, 0.6) is 0 Å². The predicted octanol–water partition coefficient (Wildman–Crippen LogP) is 4.11. The van der Waals surface area contributed by atoms with E-state index in [0.717, 1.165) is 6.07 Å². The van der Waals surface area contributed by atoms with Crippen molar-refractivity contribution in [3.63, 3.8) is 0 Å². The number of carbonyl (C=O) groups is 2. The first-order chi connectivity index (χ1) is 11.8. The molecule has 2 aromatic rings. The molecule has 0 aliphatic heterocycles. The van der Waals surface area contributed by atoms with Crippen LogP contribution in [0.4, 0.5) is 24.5 Å². The normalized spacial score (nSPS) is 14.7. The van der Waals surface area contributed by atoms with Crippen LogP contribution < -0.4 is 10.6 Å². The van der Waals surface area contributed by atoms with E-state index >= 15 is 0 Å². The van der Waals surface area contributed by atoms with Gasteiger partial charge >= 0.3 is 0 Å². The highest BCUT2D eigenvalue weighted by Crippen LogP contribution is 2.47. The highest BCUT2D eigenvalue weighted by Gasteiger charge is 2.56. The van der Waals surface area contributed by atoms with Gasteiger partial charge in [-0.1, -0.05) is 17.7 Å². The van der Waals surface area contributed by atoms with E-state index < -0.39 is 40.4 Å². The van der Waals surface area contributed by atoms with E-state index in [-0.39, 0.29) is 12.8 Å². The Morgan fingerprint density at radius 2 is 1.64 bits per heavy atom. The van der Waals surface area contributed by atoms with Gasteiger partial charge in [0.1, 0.15) is 5.41 Å². The van der Waals surface area contributed by atoms with Crippen LogP contribution in [0.2, 0.25) is 5.02 Å². The van der Waals surface area contributed by atoms with Crippen molar-refractivity contribution in [3.8, 4) is 0 Å². The topological polar surface area (TPSA) is 58.2 Å². The van der Waals surface area contributed by atoms with Crippen molar-refractivity contribution in [2.75, 3.05) is 10.6 Å². The third-order valence-electron chi connectivity index (χ3n) is 3.99. The molecule has 0 heterocycles. The van der Waals surface area contributed by atoms with E-state index in [9.17, 15) is 22.8 Å². The van der Waals surface area contributed by atoms with E-state index in [4.69, 9.17) is 11.6 Å². The molecule has 1 fully saturated rings. The van der Waals surface area contributed by atoms with Crippen molar-refractivity contribution in [1.29, 1.82) is 0 Å². The van der Waals surface area contributed by atoms with Gasteiger partial charge in [-0.2, -0.15) is 0 Å². The summed E-state index contributed by atoms with van der Waals surface area (Å²) < 4.78 is 39.9. The van der Waals surface area contributed by atoms with Crippen LogP contribution in [0, 0.1) is 22.9 Å². The van der Waals surface area contributed by atoms with Crippen molar-refractivity contribution in [3.05, 3.63) is 58.9 Å². The smallest absolute Gasteiger partial charge is 0.240 e. The van der Waals surface area contributed by atoms with Crippen LogP contribution in [0.1, 0.15) is 12.8 Å². The van der Waals surface area contributed by atoms with Crippen molar-refractivity contribution < 1.29 is 22.8 Å². The maximum absolute atomic E-state index is 13.7. The lowest BCUT2D eigenvalue weighted by atomic mass is 10.0. The van der Waals surface area contributed by atoms with Gasteiger partial charge in [0.15, 0.2) is 17.5 Å². The van der Waals surface area contributed by atoms with Gasteiger partial charge in [0.2, 0.25) is 11.8 Å². The van der Waals surface area contributed by atoms with Crippen LogP contribution in [0.25, 0.3) is 0 Å². The van der Waals surface area contributed by atoms with Crippen molar-refractivity contribution in [1.82, 2.24) is 0 Å². The monoisotopic (exact) mass is 368 g/mol. The molecule has 0 saturated heterocycles. The van der Waals surface area contributed by atoms with Crippen molar-refractivity contribution in [2.45, 2.75) is 12.8 Å². The fourth-order valence-electron chi connectivity index (χ4n) is 2.36. The van der Waals surface area contributed by atoms with Crippen LogP contribution in [-0.2, 0) is 9.59 Å². The molecule has 1 saturated carbocycles. The molecular weight excluding hydrogens is 357 g/mol. The van der Waals surface area contributed by atoms with Gasteiger partial charge in [-0.25, -0.2) is 13.2 Å². The Hall–Kier alpha value is -2.54. The number of rotatable bonds is 4. The Kier molecular flexibility index (Phi) is 4.43. The number of anilines is 2. The number of halogens is 4. The quantitative estimate of drug-likeness (QED) is 0.630. The number of amides is 2. The Morgan fingerprint density at radius 1 is 0.960 bits per heavy atom. The number of nitrogens with one attached hydrogen (secondary N) is 2. The Bertz CT molecular complexity index is 869. The SMILES string of the molecule is O=C(Nc1cccc(Cl)c1)C1(C(=O)Nc2ccc(F)c(F)c2F)CC1. The molecule has 0 atom stereocenters. The van der Waals surface area contributed by atoms with Gasteiger partial charge in [-0.05, 0) is 43.2 Å². The van der Waals surface area contributed by atoms with Gasteiger partial charge in [-0.3, -0.25) is 9.59 Å². The average Bonchev–Trinajstić information content (AvgIpc) is 3.37. The predicted molar refractivity (Wildman–Crippen MR) is 86.7 cm³/mol. The number of hydrogen-bond donors (Lipinski definition) is 2. The second-order valence-corrected chi connectivity index (χ2v) is 6.16. The number of hydrogen-bond acceptors (Lipinski definition) is 2. The number of benzene rings is 2. The molecule has 25 heavy (non-hydrogen) atoms. The van der Waals surface area contributed by atoms with E-state index in [0.29, 0.717) is 16.8 Å². The number of carbonyl (C=O) groups excluding carboxylic acids is 2. The van der Waals surface area contributed by atoms with E-state index in [1.807, 2.05) is 0 Å². The first kappa shape index (κ1) is 17.3. The molecule has 130 valence electrons. The molecule has 2 amide bonds. The largest absolute Gasteiger partial charge is 0.325 e. The lowest BCUT2D eigenvalue weighted by molar-refractivity contribution is -0.131. The third-order valence-corrected chi connectivity index (χ3v) is 4.22. The molecule has 3 rings (SSSR count). The van der Waals surface area contributed by atoms with Gasteiger partial charge in [0, 0.05) is 10.7 Å². The summed E-state index contributed by atoms with van der Waals surface area (Å²) >= 11 is 5.83. The summed E-state index contributed by atoms with van der Waals surface area (Å²) in [6, 6.07) is 7.97. The average molecular weight is 369 g/mol. The van der Waals surface area contributed by atoms with Gasteiger partial charge < -0.3 is 10.6 Å². The van der Waals surface area contributed by atoms with Gasteiger partial charge in [-0.15, -0.1) is 0 Å². The molecule has 0 radical (unpaired) electrons. The zero-order valence-corrected chi connectivity index (χ0v) is 13.5. The standard InChI is InChI=1S/C17H12ClF3N2O2/c18-9-2-1-3-10(8-9)22-15(24)17(6-7-17)16(25)23-12-5-4-11(19)13(20)14(12)21/h1-5,8H,6-7H2,(H,22,24)(H,23,25). The van der Waals surface area contributed by atoms with Crippen LogP contribution in [0.3, 0.4) is 0 Å². The van der Waals surface area contributed by atoms with E-state index in [1.165, 1.54) is 6.07 Å². The van der Waals surface area contributed by atoms with E-state index in [1.54, 1.807) is 18.2 Å². The second-order valence-electron chi connectivity index (χ2n) is 5.72. The maximum atomic E-state index is 13.7. The molecule has 0 bridgehead atoms.